The number of urea groups is 1. The summed E-state index contributed by atoms with van der Waals surface area (Å²) in [6.07, 6.45) is 7.38. The Morgan fingerprint density at radius 1 is 1.38 bits per heavy atom. The van der Waals surface area contributed by atoms with Crippen LogP contribution in [0.4, 0.5) is 4.79 Å². The monoisotopic (exact) mass is 291 g/mol. The Morgan fingerprint density at radius 2 is 2.24 bits per heavy atom. The van der Waals surface area contributed by atoms with Crippen molar-refractivity contribution in [3.63, 3.8) is 0 Å². The van der Waals surface area contributed by atoms with Gasteiger partial charge in [-0.25, -0.2) is 9.59 Å². The zero-order valence-electron chi connectivity index (χ0n) is 12.0. The molecule has 2 N–H and O–H groups in total. The molecule has 1 unspecified atom stereocenters. The molecule has 1 atom stereocenters. The zero-order valence-corrected chi connectivity index (χ0v) is 12.0. The smallest absolute Gasteiger partial charge is 0.326 e. The largest absolute Gasteiger partial charge is 0.480 e. The second-order valence-corrected chi connectivity index (χ2v) is 5.24. The van der Waals surface area contributed by atoms with Gasteiger partial charge in [0.2, 0.25) is 0 Å². The van der Waals surface area contributed by atoms with Gasteiger partial charge in [0.1, 0.15) is 6.04 Å². The minimum Gasteiger partial charge on any atom is -0.480 e. The van der Waals surface area contributed by atoms with Crippen LogP contribution in [0.1, 0.15) is 31.2 Å². The summed E-state index contributed by atoms with van der Waals surface area (Å²) in [5, 5.41) is 12.1. The van der Waals surface area contributed by atoms with Gasteiger partial charge in [0.15, 0.2) is 0 Å². The lowest BCUT2D eigenvalue weighted by atomic mass is 10.1. The van der Waals surface area contributed by atoms with Crippen LogP contribution in [0.2, 0.25) is 0 Å². The van der Waals surface area contributed by atoms with Crippen LogP contribution in [0.5, 0.6) is 0 Å². The van der Waals surface area contributed by atoms with Crippen molar-refractivity contribution in [3.05, 3.63) is 30.1 Å². The van der Waals surface area contributed by atoms with E-state index in [-0.39, 0.29) is 6.03 Å². The Labute approximate surface area is 124 Å². The lowest BCUT2D eigenvalue weighted by molar-refractivity contribution is -0.142. The first-order valence-corrected chi connectivity index (χ1v) is 7.34. The van der Waals surface area contributed by atoms with E-state index in [0.717, 1.165) is 24.8 Å². The maximum Gasteiger partial charge on any atom is 0.326 e. The summed E-state index contributed by atoms with van der Waals surface area (Å²) < 4.78 is 0. The number of hydrogen-bond donors (Lipinski definition) is 2. The highest BCUT2D eigenvalue weighted by atomic mass is 16.4. The van der Waals surface area contributed by atoms with Crippen LogP contribution >= 0.6 is 0 Å². The van der Waals surface area contributed by atoms with Crippen LogP contribution in [0, 0.1) is 0 Å². The highest BCUT2D eigenvalue weighted by molar-refractivity contribution is 5.82. The van der Waals surface area contributed by atoms with E-state index in [1.165, 1.54) is 4.90 Å². The molecule has 2 amide bonds. The van der Waals surface area contributed by atoms with Crippen LogP contribution in [-0.4, -0.2) is 46.1 Å². The Balaban J connectivity index is 1.87. The molecule has 6 heteroatoms. The summed E-state index contributed by atoms with van der Waals surface area (Å²) in [4.78, 5) is 29.0. The number of likely N-dealkylation sites (tertiary alicyclic amines) is 1. The third-order valence-corrected chi connectivity index (χ3v) is 3.71. The third-order valence-electron chi connectivity index (χ3n) is 3.71. The van der Waals surface area contributed by atoms with Crippen molar-refractivity contribution in [3.8, 4) is 0 Å². The molecule has 1 aliphatic rings. The number of aliphatic carboxylic acids is 1. The lowest BCUT2D eigenvalue weighted by Crippen LogP contribution is -2.49. The van der Waals surface area contributed by atoms with Crippen molar-refractivity contribution >= 4 is 12.0 Å². The van der Waals surface area contributed by atoms with E-state index in [1.807, 2.05) is 12.1 Å². The Kier molecular flexibility index (Phi) is 5.54. The number of carbonyl (C=O) groups is 2. The van der Waals surface area contributed by atoms with Gasteiger partial charge in [0, 0.05) is 25.5 Å². The van der Waals surface area contributed by atoms with Gasteiger partial charge in [-0.2, -0.15) is 0 Å². The van der Waals surface area contributed by atoms with E-state index in [1.54, 1.807) is 12.4 Å². The van der Waals surface area contributed by atoms with Gasteiger partial charge in [-0.15, -0.1) is 0 Å². The Bertz CT molecular complexity index is 478. The number of hydrogen-bond acceptors (Lipinski definition) is 3. The first kappa shape index (κ1) is 15.3. The molecule has 1 saturated heterocycles. The van der Waals surface area contributed by atoms with Crippen molar-refractivity contribution in [1.29, 1.82) is 0 Å². The molecular weight excluding hydrogens is 270 g/mol. The van der Waals surface area contributed by atoms with Crippen LogP contribution in [0.25, 0.3) is 0 Å². The van der Waals surface area contributed by atoms with E-state index in [9.17, 15) is 14.7 Å². The SMILES string of the molecule is O=C(O)C1CCCCCN1C(=O)NCCc1cccnc1. The first-order valence-electron chi connectivity index (χ1n) is 7.34. The highest BCUT2D eigenvalue weighted by Gasteiger charge is 2.30. The number of carboxylic acid groups (broad SMARTS) is 1. The van der Waals surface area contributed by atoms with Crippen LogP contribution in [0.15, 0.2) is 24.5 Å². The molecule has 1 aromatic rings. The summed E-state index contributed by atoms with van der Waals surface area (Å²) in [5.74, 6) is -0.917. The predicted octanol–water partition coefficient (Wildman–Crippen LogP) is 1.66. The van der Waals surface area contributed by atoms with Gasteiger partial charge in [-0.05, 0) is 30.9 Å². The fraction of sp³-hybridized carbons (Fsp3) is 0.533. The second-order valence-electron chi connectivity index (χ2n) is 5.24. The average Bonchev–Trinajstić information content (AvgIpc) is 2.74. The van der Waals surface area contributed by atoms with Crippen molar-refractivity contribution in [2.75, 3.05) is 13.1 Å². The molecule has 0 spiro atoms. The van der Waals surface area contributed by atoms with Crippen molar-refractivity contribution in [2.45, 2.75) is 38.1 Å². The standard InChI is InChI=1S/C15H21N3O3/c19-14(20)13-6-2-1-3-10-18(13)15(21)17-9-7-12-5-4-8-16-11-12/h4-5,8,11,13H,1-3,6-7,9-10H2,(H,17,21)(H,19,20). The molecule has 2 heterocycles. The van der Waals surface area contributed by atoms with Crippen LogP contribution in [0.3, 0.4) is 0 Å². The normalized spacial score (nSPS) is 18.9. The van der Waals surface area contributed by atoms with Gasteiger partial charge >= 0.3 is 12.0 Å². The number of nitrogens with zero attached hydrogens (tertiary/aromatic N) is 2. The molecule has 1 aliphatic heterocycles. The fourth-order valence-corrected chi connectivity index (χ4v) is 2.57. The predicted molar refractivity (Wildman–Crippen MR) is 77.9 cm³/mol. The van der Waals surface area contributed by atoms with E-state index in [2.05, 4.69) is 10.3 Å². The average molecular weight is 291 g/mol. The zero-order chi connectivity index (χ0) is 15.1. The number of carboxylic acids is 1. The van der Waals surface area contributed by atoms with Crippen molar-refractivity contribution in [2.24, 2.45) is 0 Å². The molecule has 2 rings (SSSR count). The van der Waals surface area contributed by atoms with E-state index >= 15 is 0 Å². The number of aromatic nitrogens is 1. The molecule has 0 aromatic carbocycles. The summed E-state index contributed by atoms with van der Waals surface area (Å²) >= 11 is 0. The van der Waals surface area contributed by atoms with Crippen LogP contribution in [-0.2, 0) is 11.2 Å². The number of nitrogens with one attached hydrogen (secondary N) is 1. The van der Waals surface area contributed by atoms with Crippen LogP contribution < -0.4 is 5.32 Å². The maximum absolute atomic E-state index is 12.2. The summed E-state index contributed by atoms with van der Waals surface area (Å²) in [6.45, 7) is 0.989. The molecule has 21 heavy (non-hydrogen) atoms. The van der Waals surface area contributed by atoms with Gasteiger partial charge < -0.3 is 15.3 Å². The molecule has 1 fully saturated rings. The first-order chi connectivity index (χ1) is 10.2. The molecular formula is C15H21N3O3. The molecule has 0 bridgehead atoms. The summed E-state index contributed by atoms with van der Waals surface area (Å²) in [6, 6.07) is 2.82. The Hall–Kier alpha value is -2.11. The van der Waals surface area contributed by atoms with E-state index in [0.29, 0.717) is 25.9 Å². The van der Waals surface area contributed by atoms with E-state index < -0.39 is 12.0 Å². The maximum atomic E-state index is 12.2. The number of amides is 2. The van der Waals surface area contributed by atoms with E-state index in [4.69, 9.17) is 0 Å². The summed E-state index contributed by atoms with van der Waals surface area (Å²) in [5.41, 5.74) is 1.04. The molecule has 0 radical (unpaired) electrons. The van der Waals surface area contributed by atoms with Crippen molar-refractivity contribution < 1.29 is 14.7 Å². The molecule has 0 aliphatic carbocycles. The van der Waals surface area contributed by atoms with Gasteiger partial charge in [-0.1, -0.05) is 18.9 Å². The van der Waals surface area contributed by atoms with Gasteiger partial charge in [0.25, 0.3) is 0 Å². The van der Waals surface area contributed by atoms with Crippen molar-refractivity contribution in [1.82, 2.24) is 15.2 Å². The number of rotatable bonds is 4. The molecule has 114 valence electrons. The summed E-state index contributed by atoms with van der Waals surface area (Å²) in [7, 11) is 0. The highest BCUT2D eigenvalue weighted by Crippen LogP contribution is 2.17. The minimum absolute atomic E-state index is 0.284. The third kappa shape index (κ3) is 4.44. The minimum atomic E-state index is -0.917. The molecule has 1 aromatic heterocycles. The van der Waals surface area contributed by atoms with Gasteiger partial charge in [0.05, 0.1) is 0 Å². The quantitative estimate of drug-likeness (QED) is 0.884. The topological polar surface area (TPSA) is 82.5 Å². The number of carbonyl (C=O) groups excluding carboxylic acids is 1. The molecule has 6 nitrogen and oxygen atoms in total. The molecule has 0 saturated carbocycles. The second kappa shape index (κ2) is 7.61. The fourth-order valence-electron chi connectivity index (χ4n) is 2.57. The lowest BCUT2D eigenvalue weighted by Gasteiger charge is -2.27. The van der Waals surface area contributed by atoms with Gasteiger partial charge in [-0.3, -0.25) is 4.98 Å². The number of pyridine rings is 1. The Morgan fingerprint density at radius 3 is 2.95 bits per heavy atom.